The largest absolute Gasteiger partial charge is 0.477 e. The summed E-state index contributed by atoms with van der Waals surface area (Å²) in [6.45, 7) is 1.91. The first-order valence-corrected chi connectivity index (χ1v) is 8.13. The highest BCUT2D eigenvalue weighted by Gasteiger charge is 2.28. The van der Waals surface area contributed by atoms with Crippen molar-refractivity contribution in [3.05, 3.63) is 56.7 Å². The van der Waals surface area contributed by atoms with Crippen LogP contribution in [0.15, 0.2) is 39.7 Å². The van der Waals surface area contributed by atoms with E-state index in [2.05, 4.69) is 26.2 Å². The number of rotatable bonds is 3. The summed E-state index contributed by atoms with van der Waals surface area (Å²) in [5.74, 6) is -0.658. The van der Waals surface area contributed by atoms with Crippen molar-refractivity contribution in [2.24, 2.45) is 0 Å². The first kappa shape index (κ1) is 15.7. The van der Waals surface area contributed by atoms with Gasteiger partial charge in [0.25, 0.3) is 5.56 Å². The highest BCUT2D eigenvalue weighted by Crippen LogP contribution is 2.31. The van der Waals surface area contributed by atoms with Crippen LogP contribution in [0.2, 0.25) is 0 Å². The van der Waals surface area contributed by atoms with Crippen LogP contribution in [0.4, 0.5) is 5.69 Å². The van der Waals surface area contributed by atoms with E-state index in [0.29, 0.717) is 5.82 Å². The highest BCUT2D eigenvalue weighted by molar-refractivity contribution is 9.10. The number of hydrogen-bond donors (Lipinski definition) is 2. The first-order chi connectivity index (χ1) is 11.0. The van der Waals surface area contributed by atoms with Crippen molar-refractivity contribution < 1.29 is 9.90 Å². The molecular weight excluding hydrogens is 362 g/mol. The third-order valence-corrected chi connectivity index (χ3v) is 4.59. The van der Waals surface area contributed by atoms with Crippen LogP contribution in [0.25, 0.3) is 0 Å². The van der Waals surface area contributed by atoms with Gasteiger partial charge >= 0.3 is 5.97 Å². The topological polar surface area (TPSA) is 84.2 Å². The van der Waals surface area contributed by atoms with E-state index in [9.17, 15) is 9.59 Å². The molecule has 0 radical (unpaired) electrons. The second-order valence-electron chi connectivity index (χ2n) is 5.64. The third kappa shape index (κ3) is 3.01. The maximum absolute atomic E-state index is 12.4. The van der Waals surface area contributed by atoms with Gasteiger partial charge in [-0.3, -0.25) is 9.36 Å². The number of aromatic nitrogens is 2. The van der Waals surface area contributed by atoms with E-state index in [4.69, 9.17) is 5.11 Å². The van der Waals surface area contributed by atoms with E-state index < -0.39 is 11.5 Å². The van der Waals surface area contributed by atoms with Gasteiger partial charge in [-0.1, -0.05) is 15.9 Å². The molecule has 0 bridgehead atoms. The Morgan fingerprint density at radius 2 is 2.04 bits per heavy atom. The van der Waals surface area contributed by atoms with Gasteiger partial charge < -0.3 is 10.4 Å². The van der Waals surface area contributed by atoms with Gasteiger partial charge in [0.05, 0.1) is 6.04 Å². The van der Waals surface area contributed by atoms with Gasteiger partial charge in [-0.2, -0.15) is 0 Å². The number of carboxylic acids is 1. The summed E-state index contributed by atoms with van der Waals surface area (Å²) in [7, 11) is 0. The summed E-state index contributed by atoms with van der Waals surface area (Å²) >= 11 is 3.39. The number of aromatic carboxylic acids is 1. The molecule has 1 aromatic heterocycles. The normalized spacial score (nSPS) is 19.9. The van der Waals surface area contributed by atoms with Gasteiger partial charge in [-0.25, -0.2) is 9.78 Å². The van der Waals surface area contributed by atoms with Gasteiger partial charge in [0, 0.05) is 22.4 Å². The van der Waals surface area contributed by atoms with Crippen LogP contribution < -0.4 is 10.9 Å². The molecule has 0 saturated carbocycles. The lowest BCUT2D eigenvalue weighted by Crippen LogP contribution is -2.37. The predicted octanol–water partition coefficient (Wildman–Crippen LogP) is 3.21. The lowest BCUT2D eigenvalue weighted by molar-refractivity contribution is 0.0693. The Labute approximate surface area is 141 Å². The van der Waals surface area contributed by atoms with Crippen molar-refractivity contribution in [3.8, 4) is 0 Å². The average molecular weight is 378 g/mol. The van der Waals surface area contributed by atoms with Crippen LogP contribution in [0.3, 0.4) is 0 Å². The number of anilines is 1. The molecule has 23 heavy (non-hydrogen) atoms. The summed E-state index contributed by atoms with van der Waals surface area (Å²) in [6.07, 6.45) is 2.77. The summed E-state index contributed by atoms with van der Waals surface area (Å²) in [4.78, 5) is 27.8. The van der Waals surface area contributed by atoms with Crippen LogP contribution in [0, 0.1) is 0 Å². The molecule has 6 nitrogen and oxygen atoms in total. The number of nitrogens with one attached hydrogen (secondary N) is 1. The zero-order chi connectivity index (χ0) is 16.6. The summed E-state index contributed by atoms with van der Waals surface area (Å²) in [5, 5.41) is 12.5. The summed E-state index contributed by atoms with van der Waals surface area (Å²) in [5.41, 5.74) is 0.151. The second-order valence-corrected chi connectivity index (χ2v) is 6.56. The maximum atomic E-state index is 12.4. The number of halogens is 1. The van der Waals surface area contributed by atoms with Gasteiger partial charge in [0.2, 0.25) is 0 Å². The smallest absolute Gasteiger partial charge is 0.342 e. The summed E-state index contributed by atoms with van der Waals surface area (Å²) in [6, 6.07) is 7.56. The number of carbonyl (C=O) groups is 1. The van der Waals surface area contributed by atoms with Crippen molar-refractivity contribution in [3.63, 3.8) is 0 Å². The van der Waals surface area contributed by atoms with E-state index >= 15 is 0 Å². The molecule has 120 valence electrons. The molecule has 1 aromatic carbocycles. The maximum Gasteiger partial charge on any atom is 0.342 e. The van der Waals surface area contributed by atoms with E-state index in [1.165, 1.54) is 4.57 Å². The van der Waals surface area contributed by atoms with Crippen LogP contribution in [-0.4, -0.2) is 20.6 Å². The van der Waals surface area contributed by atoms with Gasteiger partial charge in [-0.15, -0.1) is 0 Å². The Morgan fingerprint density at radius 3 is 2.70 bits per heavy atom. The lowest BCUT2D eigenvalue weighted by Gasteiger charge is -2.31. The van der Waals surface area contributed by atoms with Crippen LogP contribution in [-0.2, 0) is 0 Å². The average Bonchev–Trinajstić information content (AvgIpc) is 2.52. The fourth-order valence-electron chi connectivity index (χ4n) is 2.86. The van der Waals surface area contributed by atoms with Gasteiger partial charge in [0.15, 0.2) is 0 Å². The van der Waals surface area contributed by atoms with Crippen molar-refractivity contribution in [1.82, 2.24) is 9.55 Å². The highest BCUT2D eigenvalue weighted by atomic mass is 79.9. The molecule has 2 heterocycles. The van der Waals surface area contributed by atoms with Gasteiger partial charge in [-0.05, 0) is 44.0 Å². The van der Waals surface area contributed by atoms with Crippen LogP contribution in [0.1, 0.15) is 48.0 Å². The summed E-state index contributed by atoms with van der Waals surface area (Å²) < 4.78 is 2.49. The minimum atomic E-state index is -1.24. The van der Waals surface area contributed by atoms with Crippen LogP contribution in [0.5, 0.6) is 0 Å². The zero-order valence-corrected chi connectivity index (χ0v) is 14.1. The Hall–Kier alpha value is -2.15. The molecular formula is C16H16BrN3O3. The number of hydrogen-bond acceptors (Lipinski definition) is 4. The van der Waals surface area contributed by atoms with E-state index in [1.54, 1.807) is 0 Å². The lowest BCUT2D eigenvalue weighted by atomic mass is 10.00. The third-order valence-electron chi connectivity index (χ3n) is 4.06. The monoisotopic (exact) mass is 377 g/mol. The molecule has 2 N–H and O–H groups in total. The number of nitrogens with zero attached hydrogens (tertiary/aromatic N) is 2. The zero-order valence-electron chi connectivity index (χ0n) is 12.5. The van der Waals surface area contributed by atoms with Crippen molar-refractivity contribution >= 4 is 27.6 Å². The van der Waals surface area contributed by atoms with E-state index in [1.807, 2.05) is 31.2 Å². The van der Waals surface area contributed by atoms with Crippen molar-refractivity contribution in [2.45, 2.75) is 31.8 Å². The van der Waals surface area contributed by atoms with E-state index in [-0.39, 0.29) is 17.6 Å². The molecule has 0 saturated heterocycles. The Kier molecular flexibility index (Phi) is 4.21. The minimum Gasteiger partial charge on any atom is -0.477 e. The molecule has 2 unspecified atom stereocenters. The molecule has 0 aliphatic carbocycles. The van der Waals surface area contributed by atoms with E-state index in [0.717, 1.165) is 29.2 Å². The minimum absolute atomic E-state index is 0.0627. The van der Waals surface area contributed by atoms with Crippen molar-refractivity contribution in [1.29, 1.82) is 0 Å². The molecule has 2 atom stereocenters. The SMILES string of the molecule is CC1CCC(Nc2ccc(Br)cc2)c2ncc(C(=O)O)c(=O)n21. The molecule has 2 aromatic rings. The quantitative estimate of drug-likeness (QED) is 0.857. The molecule has 0 spiro atoms. The predicted molar refractivity (Wildman–Crippen MR) is 89.9 cm³/mol. The molecule has 0 amide bonds. The van der Waals surface area contributed by atoms with Gasteiger partial charge in [0.1, 0.15) is 11.4 Å². The molecule has 1 aliphatic rings. The Bertz CT molecular complexity index is 801. The Morgan fingerprint density at radius 1 is 1.35 bits per heavy atom. The number of carboxylic acid groups (broad SMARTS) is 1. The molecule has 1 aliphatic heterocycles. The fourth-order valence-corrected chi connectivity index (χ4v) is 3.13. The standard InChI is InChI=1S/C16H16BrN3O3/c1-9-2-7-13(19-11-5-3-10(17)4-6-11)14-18-8-12(16(22)23)15(21)20(9)14/h3-6,8-9,13,19H,2,7H2,1H3,(H,22,23). The van der Waals surface area contributed by atoms with Crippen LogP contribution >= 0.6 is 15.9 Å². The second kappa shape index (κ2) is 6.16. The Balaban J connectivity index is 1.99. The number of benzene rings is 1. The molecule has 0 fully saturated rings. The van der Waals surface area contributed by atoms with Crippen molar-refractivity contribution in [2.75, 3.05) is 5.32 Å². The first-order valence-electron chi connectivity index (χ1n) is 7.34. The number of fused-ring (bicyclic) bond motifs is 1. The molecule has 7 heteroatoms. The molecule has 3 rings (SSSR count). The fraction of sp³-hybridized carbons (Fsp3) is 0.312.